The molecule has 4 fully saturated rings. The molecule has 0 radical (unpaired) electrons. The fraction of sp³-hybridized carbons (Fsp3) is 1.00. The summed E-state index contributed by atoms with van der Waals surface area (Å²) in [7, 11) is 0. The van der Waals surface area contributed by atoms with E-state index in [1.54, 1.807) is 0 Å². The first-order chi connectivity index (χ1) is 14.5. The predicted octanol–water partition coefficient (Wildman–Crippen LogP) is 6.74. The van der Waals surface area contributed by atoms with E-state index in [0.29, 0.717) is 24.2 Å². The quantitative estimate of drug-likeness (QED) is 0.493. The Morgan fingerprint density at radius 1 is 0.935 bits per heavy atom. The van der Waals surface area contributed by atoms with E-state index < -0.39 is 17.9 Å². The van der Waals surface area contributed by atoms with Crippen LogP contribution in [0.2, 0.25) is 0 Å². The average molecular weight is 445 g/mol. The zero-order valence-electron chi connectivity index (χ0n) is 19.6. The van der Waals surface area contributed by atoms with E-state index >= 15 is 0 Å². The molecule has 0 aromatic heterocycles. The minimum Gasteiger partial charge on any atom is -0.390 e. The van der Waals surface area contributed by atoms with Gasteiger partial charge in [0.2, 0.25) is 0 Å². The number of hydrogen-bond donors (Lipinski definition) is 2. The second-order valence-electron chi connectivity index (χ2n) is 12.1. The van der Waals surface area contributed by atoms with E-state index in [1.807, 2.05) is 0 Å². The summed E-state index contributed by atoms with van der Waals surface area (Å²) >= 11 is 0. The van der Waals surface area contributed by atoms with Crippen LogP contribution in [0.5, 0.6) is 0 Å². The van der Waals surface area contributed by atoms with Crippen LogP contribution in [-0.4, -0.2) is 28.1 Å². The van der Waals surface area contributed by atoms with Gasteiger partial charge in [0, 0.05) is 0 Å². The largest absolute Gasteiger partial charge is 0.414 e. The van der Waals surface area contributed by atoms with Crippen molar-refractivity contribution in [3.05, 3.63) is 0 Å². The van der Waals surface area contributed by atoms with Crippen LogP contribution in [0.25, 0.3) is 0 Å². The standard InChI is InChI=1S/C26H43F3O2/c1-4-25(31)14-12-18-17(15-25)6-7-20-19(18)11-13-24(3)21(8-9-22(20)24)16(2)5-10-23(30)26(27,28)29/h16-23,30-31H,4-15H2,1-3H3/t16-,17-,18+,19?,20-,21-,22?,23-,24-,25+/m1/s1. The Bertz CT molecular complexity index is 637. The van der Waals surface area contributed by atoms with E-state index in [-0.39, 0.29) is 17.8 Å². The third-order valence-electron chi connectivity index (χ3n) is 10.8. The van der Waals surface area contributed by atoms with Crippen molar-refractivity contribution >= 4 is 0 Å². The van der Waals surface area contributed by atoms with Gasteiger partial charge >= 0.3 is 6.18 Å². The molecule has 31 heavy (non-hydrogen) atoms. The molecular formula is C26H43F3O2. The van der Waals surface area contributed by atoms with Gasteiger partial charge in [-0.05, 0) is 124 Å². The first-order valence-corrected chi connectivity index (χ1v) is 13.0. The third-order valence-corrected chi connectivity index (χ3v) is 10.8. The minimum absolute atomic E-state index is 0.169. The first kappa shape index (κ1) is 23.9. The van der Waals surface area contributed by atoms with Crippen LogP contribution in [0.3, 0.4) is 0 Å². The Labute approximate surface area is 186 Å². The molecule has 5 heteroatoms. The Kier molecular flexibility index (Phi) is 6.53. The van der Waals surface area contributed by atoms with Crippen molar-refractivity contribution in [1.29, 1.82) is 0 Å². The molecule has 10 atom stereocenters. The van der Waals surface area contributed by atoms with E-state index in [9.17, 15) is 23.4 Å². The van der Waals surface area contributed by atoms with Crippen LogP contribution in [0.15, 0.2) is 0 Å². The molecule has 2 unspecified atom stereocenters. The lowest BCUT2D eigenvalue weighted by Crippen LogP contribution is -2.51. The molecular weight excluding hydrogens is 401 g/mol. The van der Waals surface area contributed by atoms with Crippen molar-refractivity contribution in [2.75, 3.05) is 0 Å². The van der Waals surface area contributed by atoms with E-state index in [4.69, 9.17) is 0 Å². The fourth-order valence-electron chi connectivity index (χ4n) is 9.04. The van der Waals surface area contributed by atoms with Gasteiger partial charge in [-0.3, -0.25) is 0 Å². The number of alkyl halides is 3. The van der Waals surface area contributed by atoms with Gasteiger partial charge in [0.15, 0.2) is 0 Å². The van der Waals surface area contributed by atoms with Crippen molar-refractivity contribution in [2.24, 2.45) is 46.8 Å². The topological polar surface area (TPSA) is 40.5 Å². The van der Waals surface area contributed by atoms with Crippen LogP contribution < -0.4 is 0 Å². The Morgan fingerprint density at radius 2 is 1.65 bits per heavy atom. The van der Waals surface area contributed by atoms with E-state index in [1.165, 1.54) is 38.5 Å². The molecule has 0 saturated heterocycles. The van der Waals surface area contributed by atoms with Crippen molar-refractivity contribution in [1.82, 2.24) is 0 Å². The molecule has 0 aromatic rings. The highest BCUT2D eigenvalue weighted by Gasteiger charge is 2.58. The highest BCUT2D eigenvalue weighted by atomic mass is 19.4. The monoisotopic (exact) mass is 444 g/mol. The number of hydrogen-bond acceptors (Lipinski definition) is 2. The van der Waals surface area contributed by atoms with E-state index in [0.717, 1.165) is 43.4 Å². The Balaban J connectivity index is 1.41. The van der Waals surface area contributed by atoms with Gasteiger partial charge in [0.1, 0.15) is 6.10 Å². The number of fused-ring (bicyclic) bond motifs is 5. The van der Waals surface area contributed by atoms with Crippen molar-refractivity contribution in [3.8, 4) is 0 Å². The summed E-state index contributed by atoms with van der Waals surface area (Å²) < 4.78 is 38.2. The smallest absolute Gasteiger partial charge is 0.390 e. The van der Waals surface area contributed by atoms with Crippen LogP contribution in [-0.2, 0) is 0 Å². The molecule has 0 spiro atoms. The summed E-state index contributed by atoms with van der Waals surface area (Å²) in [6.07, 6.45) is 4.96. The van der Waals surface area contributed by atoms with Crippen LogP contribution in [0.4, 0.5) is 13.2 Å². The molecule has 0 bridgehead atoms. The van der Waals surface area contributed by atoms with Crippen LogP contribution in [0.1, 0.15) is 97.8 Å². The first-order valence-electron chi connectivity index (χ1n) is 13.0. The molecule has 4 saturated carbocycles. The summed E-state index contributed by atoms with van der Waals surface area (Å²) in [5.41, 5.74) is -0.193. The highest BCUT2D eigenvalue weighted by molar-refractivity contribution is 5.07. The maximum atomic E-state index is 12.7. The van der Waals surface area contributed by atoms with Gasteiger partial charge in [0.25, 0.3) is 0 Å². The SMILES string of the molecule is CC[C@]1(O)CC[C@@H]2C3CC[C@@]4(C)C(CC[C@@H]4[C@H](C)CC[C@@H](O)C(F)(F)F)[C@@H]3CC[C@@H]2C1. The molecule has 4 aliphatic rings. The van der Waals surface area contributed by atoms with Crippen LogP contribution in [0, 0.1) is 46.8 Å². The molecule has 0 amide bonds. The second kappa shape index (κ2) is 8.49. The number of halogens is 3. The molecule has 180 valence electrons. The summed E-state index contributed by atoms with van der Waals surface area (Å²) in [6.45, 7) is 6.67. The molecule has 4 aliphatic carbocycles. The zero-order valence-corrected chi connectivity index (χ0v) is 19.6. The van der Waals surface area contributed by atoms with Crippen molar-refractivity contribution in [2.45, 2.75) is 116 Å². The average Bonchev–Trinajstić information content (AvgIpc) is 3.08. The maximum absolute atomic E-state index is 12.7. The lowest BCUT2D eigenvalue weighted by molar-refractivity contribution is -0.206. The zero-order chi connectivity index (χ0) is 22.6. The second-order valence-corrected chi connectivity index (χ2v) is 12.1. The van der Waals surface area contributed by atoms with Crippen LogP contribution >= 0.6 is 0 Å². The summed E-state index contributed by atoms with van der Waals surface area (Å²) in [6, 6.07) is 0. The summed E-state index contributed by atoms with van der Waals surface area (Å²) in [5.74, 6) is 4.43. The summed E-state index contributed by atoms with van der Waals surface area (Å²) in [5, 5.41) is 20.3. The highest BCUT2D eigenvalue weighted by Crippen LogP contribution is 2.66. The van der Waals surface area contributed by atoms with Gasteiger partial charge in [-0.15, -0.1) is 0 Å². The number of aliphatic hydroxyl groups excluding tert-OH is 1. The Morgan fingerprint density at radius 3 is 2.32 bits per heavy atom. The lowest BCUT2D eigenvalue weighted by atomic mass is 9.48. The number of aliphatic hydroxyl groups is 2. The predicted molar refractivity (Wildman–Crippen MR) is 116 cm³/mol. The van der Waals surface area contributed by atoms with Gasteiger partial charge in [0.05, 0.1) is 5.60 Å². The molecule has 2 nitrogen and oxygen atoms in total. The fourth-order valence-corrected chi connectivity index (χ4v) is 9.04. The van der Waals surface area contributed by atoms with Gasteiger partial charge in [-0.25, -0.2) is 0 Å². The number of rotatable bonds is 5. The maximum Gasteiger partial charge on any atom is 0.414 e. The molecule has 4 rings (SSSR count). The van der Waals surface area contributed by atoms with Gasteiger partial charge in [-0.1, -0.05) is 20.8 Å². The van der Waals surface area contributed by atoms with Crippen molar-refractivity contribution in [3.63, 3.8) is 0 Å². The molecule has 0 heterocycles. The molecule has 0 aromatic carbocycles. The molecule has 0 aliphatic heterocycles. The lowest BCUT2D eigenvalue weighted by Gasteiger charge is -2.57. The van der Waals surface area contributed by atoms with Gasteiger partial charge in [-0.2, -0.15) is 13.2 Å². The van der Waals surface area contributed by atoms with Gasteiger partial charge < -0.3 is 10.2 Å². The molecule has 2 N–H and O–H groups in total. The van der Waals surface area contributed by atoms with Crippen molar-refractivity contribution < 1.29 is 23.4 Å². The normalized spacial score (nSPS) is 47.2. The summed E-state index contributed by atoms with van der Waals surface area (Å²) in [4.78, 5) is 0. The Hall–Kier alpha value is -0.290. The minimum atomic E-state index is -4.50. The third kappa shape index (κ3) is 4.32. The van der Waals surface area contributed by atoms with E-state index in [2.05, 4.69) is 20.8 Å².